The minimum atomic E-state index is -1.34. The number of rotatable bonds is 9. The van der Waals surface area contributed by atoms with Gasteiger partial charge in [0.2, 0.25) is 0 Å². The molecule has 1 aromatic carbocycles. The molecule has 0 radical (unpaired) electrons. The van der Waals surface area contributed by atoms with Crippen LogP contribution in [0.15, 0.2) is 33.5 Å². The maximum absolute atomic E-state index is 12.3. The zero-order valence-electron chi connectivity index (χ0n) is 16.6. The molecule has 0 bridgehead atoms. The molecule has 7 heteroatoms. The molecule has 2 aromatic rings. The Morgan fingerprint density at radius 3 is 2.54 bits per heavy atom. The lowest BCUT2D eigenvalue weighted by Crippen LogP contribution is -2.53. The fourth-order valence-corrected chi connectivity index (χ4v) is 2.88. The molecule has 1 aromatic heterocycles. The van der Waals surface area contributed by atoms with Gasteiger partial charge in [0.15, 0.2) is 6.10 Å². The zero-order chi connectivity index (χ0) is 20.8. The van der Waals surface area contributed by atoms with E-state index in [-0.39, 0.29) is 5.92 Å². The van der Waals surface area contributed by atoms with Gasteiger partial charge in [-0.2, -0.15) is 0 Å². The van der Waals surface area contributed by atoms with Crippen LogP contribution in [-0.2, 0) is 16.0 Å². The van der Waals surface area contributed by atoms with Crippen molar-refractivity contribution >= 4 is 22.8 Å². The molecule has 1 heterocycles. The molecule has 0 saturated carbocycles. The van der Waals surface area contributed by atoms with Crippen LogP contribution in [0.5, 0.6) is 5.75 Å². The number of hydrogen-bond donors (Lipinski definition) is 1. The smallest absolute Gasteiger partial charge is 0.336 e. The molecule has 1 amide bonds. The third kappa shape index (κ3) is 5.34. The number of amides is 1. The fourth-order valence-electron chi connectivity index (χ4n) is 2.88. The molecule has 2 atom stereocenters. The first-order valence-electron chi connectivity index (χ1n) is 9.47. The molecule has 28 heavy (non-hydrogen) atoms. The number of unbranched alkanes of at least 4 members (excludes halogenated alkanes) is 1. The van der Waals surface area contributed by atoms with E-state index in [1.165, 1.54) is 13.0 Å². The number of carbonyl (C=O) groups is 2. The van der Waals surface area contributed by atoms with Crippen LogP contribution >= 0.6 is 0 Å². The summed E-state index contributed by atoms with van der Waals surface area (Å²) in [4.78, 5) is 35.2. The maximum Gasteiger partial charge on any atom is 0.336 e. The molecule has 152 valence electrons. The standard InChI is InChI=1S/C21H27NO6/c1-5-6-7-14-10-18(23)28-17-11-15(8-9-16(14)17)27-13(4)20(24)22-19(12(2)3)21(25)26/h8-13,19H,5-7H2,1-4H3,(H,22,24)(H,25,26)/p-1/t13-,19+/m1/s1. The number of carboxylic acids is 1. The van der Waals surface area contributed by atoms with Crippen LogP contribution in [0.25, 0.3) is 11.0 Å². The molecular weight excluding hydrogens is 362 g/mol. The summed E-state index contributed by atoms with van der Waals surface area (Å²) in [6, 6.07) is 5.45. The van der Waals surface area contributed by atoms with Gasteiger partial charge in [0.05, 0.1) is 12.0 Å². The van der Waals surface area contributed by atoms with Gasteiger partial charge in [0, 0.05) is 17.5 Å². The fraction of sp³-hybridized carbons (Fsp3) is 0.476. The second kappa shape index (κ2) is 9.39. The lowest BCUT2D eigenvalue weighted by molar-refractivity contribution is -0.309. The molecule has 7 nitrogen and oxygen atoms in total. The Morgan fingerprint density at radius 1 is 1.21 bits per heavy atom. The molecule has 0 aliphatic rings. The Bertz CT molecular complexity index is 901. The number of nitrogens with one attached hydrogen (secondary N) is 1. The average molecular weight is 388 g/mol. The van der Waals surface area contributed by atoms with Crippen molar-refractivity contribution in [2.75, 3.05) is 0 Å². The first kappa shape index (κ1) is 21.5. The van der Waals surface area contributed by atoms with Gasteiger partial charge in [-0.25, -0.2) is 4.79 Å². The van der Waals surface area contributed by atoms with E-state index in [9.17, 15) is 19.5 Å². The molecule has 0 fully saturated rings. The van der Waals surface area contributed by atoms with Gasteiger partial charge in [-0.3, -0.25) is 4.79 Å². The van der Waals surface area contributed by atoms with Crippen molar-refractivity contribution in [3.05, 3.63) is 40.2 Å². The summed E-state index contributed by atoms with van der Waals surface area (Å²) in [5.41, 5.74) is 0.868. The van der Waals surface area contributed by atoms with E-state index < -0.39 is 29.6 Å². The first-order chi connectivity index (χ1) is 13.2. The lowest BCUT2D eigenvalue weighted by Gasteiger charge is -2.25. The average Bonchev–Trinajstić information content (AvgIpc) is 2.62. The maximum atomic E-state index is 12.3. The molecule has 0 saturated heterocycles. The number of fused-ring (bicyclic) bond motifs is 1. The van der Waals surface area contributed by atoms with E-state index in [1.54, 1.807) is 32.0 Å². The van der Waals surface area contributed by atoms with Gasteiger partial charge < -0.3 is 24.4 Å². The number of aryl methyl sites for hydroxylation is 1. The second-order valence-corrected chi connectivity index (χ2v) is 7.16. The van der Waals surface area contributed by atoms with E-state index in [0.717, 1.165) is 30.2 Å². The van der Waals surface area contributed by atoms with Crippen LogP contribution in [0.4, 0.5) is 0 Å². The highest BCUT2D eigenvalue weighted by atomic mass is 16.5. The van der Waals surface area contributed by atoms with Crippen molar-refractivity contribution in [1.82, 2.24) is 5.32 Å². The van der Waals surface area contributed by atoms with Crippen molar-refractivity contribution in [2.45, 2.75) is 59.1 Å². The summed E-state index contributed by atoms with van der Waals surface area (Å²) < 4.78 is 10.9. The van der Waals surface area contributed by atoms with Crippen LogP contribution in [0, 0.1) is 5.92 Å². The predicted octanol–water partition coefficient (Wildman–Crippen LogP) is 1.79. The van der Waals surface area contributed by atoms with Crippen molar-refractivity contribution in [1.29, 1.82) is 0 Å². The van der Waals surface area contributed by atoms with Gasteiger partial charge >= 0.3 is 5.63 Å². The Balaban J connectivity index is 2.18. The summed E-state index contributed by atoms with van der Waals surface area (Å²) in [7, 11) is 0. The summed E-state index contributed by atoms with van der Waals surface area (Å²) in [6.45, 7) is 6.94. The highest BCUT2D eigenvalue weighted by Gasteiger charge is 2.22. The summed E-state index contributed by atoms with van der Waals surface area (Å²) in [5, 5.41) is 14.4. The largest absolute Gasteiger partial charge is 0.548 e. The van der Waals surface area contributed by atoms with Crippen LogP contribution in [0.2, 0.25) is 0 Å². The molecule has 0 unspecified atom stereocenters. The number of carbonyl (C=O) groups excluding carboxylic acids is 2. The van der Waals surface area contributed by atoms with Crippen LogP contribution in [0.1, 0.15) is 46.1 Å². The Hall–Kier alpha value is -2.83. The molecule has 0 aliphatic heterocycles. The van der Waals surface area contributed by atoms with Crippen molar-refractivity contribution in [3.8, 4) is 5.75 Å². The third-order valence-electron chi connectivity index (χ3n) is 4.50. The normalized spacial score (nSPS) is 13.3. The van der Waals surface area contributed by atoms with E-state index in [4.69, 9.17) is 9.15 Å². The minimum Gasteiger partial charge on any atom is -0.548 e. The Kier molecular flexibility index (Phi) is 7.20. The second-order valence-electron chi connectivity index (χ2n) is 7.16. The molecule has 0 spiro atoms. The third-order valence-corrected chi connectivity index (χ3v) is 4.50. The first-order valence-corrected chi connectivity index (χ1v) is 9.47. The minimum absolute atomic E-state index is 0.322. The van der Waals surface area contributed by atoms with Crippen molar-refractivity contribution in [2.24, 2.45) is 5.92 Å². The lowest BCUT2D eigenvalue weighted by atomic mass is 10.0. The predicted molar refractivity (Wildman–Crippen MR) is 103 cm³/mol. The number of aliphatic carboxylic acids is 1. The molecular formula is C21H26NO6-. The quantitative estimate of drug-likeness (QED) is 0.656. The summed E-state index contributed by atoms with van der Waals surface area (Å²) in [6.07, 6.45) is 1.81. The molecule has 1 N–H and O–H groups in total. The van der Waals surface area contributed by atoms with E-state index in [1.807, 2.05) is 0 Å². The Labute approximate surface area is 163 Å². The number of ether oxygens (including phenoxy) is 1. The van der Waals surface area contributed by atoms with Crippen LogP contribution in [-0.4, -0.2) is 24.0 Å². The van der Waals surface area contributed by atoms with Gasteiger partial charge in [-0.15, -0.1) is 0 Å². The van der Waals surface area contributed by atoms with E-state index >= 15 is 0 Å². The van der Waals surface area contributed by atoms with Gasteiger partial charge in [0.1, 0.15) is 11.3 Å². The van der Waals surface area contributed by atoms with E-state index in [2.05, 4.69) is 12.2 Å². The van der Waals surface area contributed by atoms with Crippen LogP contribution < -0.4 is 20.8 Å². The van der Waals surface area contributed by atoms with Gasteiger partial charge in [0.25, 0.3) is 5.91 Å². The monoisotopic (exact) mass is 388 g/mol. The van der Waals surface area contributed by atoms with Gasteiger partial charge in [-0.1, -0.05) is 27.2 Å². The van der Waals surface area contributed by atoms with Crippen molar-refractivity contribution in [3.63, 3.8) is 0 Å². The molecule has 2 rings (SSSR count). The molecule has 0 aliphatic carbocycles. The number of carboxylic acid groups (broad SMARTS) is 1. The summed E-state index contributed by atoms with van der Waals surface area (Å²) in [5.74, 6) is -1.89. The highest BCUT2D eigenvalue weighted by Crippen LogP contribution is 2.24. The Morgan fingerprint density at radius 2 is 1.93 bits per heavy atom. The zero-order valence-corrected chi connectivity index (χ0v) is 16.6. The topological polar surface area (TPSA) is 109 Å². The van der Waals surface area contributed by atoms with E-state index in [0.29, 0.717) is 11.3 Å². The van der Waals surface area contributed by atoms with Crippen molar-refractivity contribution < 1.29 is 23.8 Å². The van der Waals surface area contributed by atoms with Crippen LogP contribution in [0.3, 0.4) is 0 Å². The SMILES string of the molecule is CCCCc1cc(=O)oc2cc(O[C@H](C)C(=O)N[C@H](C(=O)[O-])C(C)C)ccc12. The number of benzene rings is 1. The van der Waals surface area contributed by atoms with Gasteiger partial charge in [-0.05, 0) is 43.4 Å². The number of hydrogen-bond acceptors (Lipinski definition) is 6. The highest BCUT2D eigenvalue weighted by molar-refractivity contribution is 5.86. The summed E-state index contributed by atoms with van der Waals surface area (Å²) >= 11 is 0.